The van der Waals surface area contributed by atoms with Crippen molar-refractivity contribution in [2.75, 3.05) is 0 Å². The number of aryl methyl sites for hydroxylation is 2. The van der Waals surface area contributed by atoms with Gasteiger partial charge in [0.15, 0.2) is 0 Å². The predicted molar refractivity (Wildman–Crippen MR) is 79.8 cm³/mol. The summed E-state index contributed by atoms with van der Waals surface area (Å²) < 4.78 is 3.00. The first-order valence-electron chi connectivity index (χ1n) is 6.09. The average Bonchev–Trinajstić information content (AvgIpc) is 2.59. The summed E-state index contributed by atoms with van der Waals surface area (Å²) in [6.45, 7) is 8.85. The maximum Gasteiger partial charge on any atom is 0.112 e. The summed E-state index contributed by atoms with van der Waals surface area (Å²) in [5.74, 6) is 0. The Balaban J connectivity index is 2.52. The van der Waals surface area contributed by atoms with Gasteiger partial charge in [-0.05, 0) is 39.4 Å². The van der Waals surface area contributed by atoms with Gasteiger partial charge in [0.25, 0.3) is 0 Å². The third-order valence-electron chi connectivity index (χ3n) is 3.21. The van der Waals surface area contributed by atoms with Crippen LogP contribution in [0.15, 0.2) is 29.1 Å². The molecule has 0 bridgehead atoms. The van der Waals surface area contributed by atoms with E-state index >= 15 is 0 Å². The number of aromatic nitrogens is 2. The van der Waals surface area contributed by atoms with Crippen LogP contribution in [-0.2, 0) is 12.5 Å². The summed E-state index contributed by atoms with van der Waals surface area (Å²) in [7, 11) is 1.99. The van der Waals surface area contributed by atoms with Crippen LogP contribution in [0.5, 0.6) is 0 Å². The van der Waals surface area contributed by atoms with E-state index in [1.807, 2.05) is 17.9 Å². The fourth-order valence-corrected chi connectivity index (χ4v) is 2.40. The third-order valence-corrected chi connectivity index (χ3v) is 4.15. The van der Waals surface area contributed by atoms with Gasteiger partial charge < -0.3 is 4.57 Å². The van der Waals surface area contributed by atoms with E-state index in [9.17, 15) is 0 Å². The van der Waals surface area contributed by atoms with Crippen LogP contribution in [0.2, 0.25) is 0 Å². The lowest BCUT2D eigenvalue weighted by Gasteiger charge is -2.20. The van der Waals surface area contributed by atoms with Gasteiger partial charge in [-0.1, -0.05) is 39.0 Å². The summed E-state index contributed by atoms with van der Waals surface area (Å²) in [5, 5.41) is 0. The average molecular weight is 307 g/mol. The van der Waals surface area contributed by atoms with E-state index in [-0.39, 0.29) is 5.41 Å². The Hall–Kier alpha value is -1.09. The Morgan fingerprint density at radius 1 is 1.22 bits per heavy atom. The minimum Gasteiger partial charge on any atom is -0.328 e. The molecule has 0 aliphatic rings. The molecule has 1 aromatic carbocycles. The zero-order valence-corrected chi connectivity index (χ0v) is 13.2. The molecule has 2 nitrogen and oxygen atoms in total. The Morgan fingerprint density at radius 2 is 1.89 bits per heavy atom. The molecule has 0 saturated carbocycles. The number of imidazole rings is 1. The van der Waals surface area contributed by atoms with Crippen LogP contribution >= 0.6 is 15.9 Å². The lowest BCUT2D eigenvalue weighted by molar-refractivity contribution is 0.590. The molecule has 2 aromatic rings. The minimum absolute atomic E-state index is 0.185. The summed E-state index contributed by atoms with van der Waals surface area (Å²) >= 11 is 3.58. The molecule has 0 amide bonds. The van der Waals surface area contributed by atoms with Crippen LogP contribution in [-0.4, -0.2) is 9.55 Å². The fraction of sp³-hybridized carbons (Fsp3) is 0.400. The summed E-state index contributed by atoms with van der Waals surface area (Å²) in [5.41, 5.74) is 5.01. The van der Waals surface area contributed by atoms with Gasteiger partial charge in [0.2, 0.25) is 0 Å². The lowest BCUT2D eigenvalue weighted by Crippen LogP contribution is -2.11. The van der Waals surface area contributed by atoms with E-state index in [1.165, 1.54) is 16.7 Å². The minimum atomic E-state index is 0.185. The van der Waals surface area contributed by atoms with E-state index < -0.39 is 0 Å². The maximum absolute atomic E-state index is 4.45. The van der Waals surface area contributed by atoms with Crippen LogP contribution in [0.3, 0.4) is 0 Å². The van der Waals surface area contributed by atoms with Gasteiger partial charge in [0, 0.05) is 12.6 Å². The molecule has 2 rings (SSSR count). The molecule has 1 aromatic heterocycles. The Kier molecular flexibility index (Phi) is 3.37. The van der Waals surface area contributed by atoms with Crippen LogP contribution in [0.25, 0.3) is 11.3 Å². The molecule has 0 N–H and O–H groups in total. The predicted octanol–water partition coefficient (Wildman–Crippen LogP) is 4.46. The Morgan fingerprint density at radius 3 is 2.33 bits per heavy atom. The maximum atomic E-state index is 4.45. The van der Waals surface area contributed by atoms with Gasteiger partial charge >= 0.3 is 0 Å². The summed E-state index contributed by atoms with van der Waals surface area (Å²) in [6, 6.07) is 6.63. The third kappa shape index (κ3) is 2.37. The number of benzene rings is 1. The molecular formula is C15H19BrN2. The second-order valence-electron chi connectivity index (χ2n) is 5.77. The molecule has 0 radical (unpaired) electrons. The standard InChI is InChI=1S/C15H19BrN2/c1-10-8-11(15(2,3)4)6-7-12(10)13-14(16)18(5)9-17-13/h6-9H,1-5H3. The van der Waals surface area contributed by atoms with Crippen molar-refractivity contribution in [1.82, 2.24) is 9.55 Å². The van der Waals surface area contributed by atoms with Crippen LogP contribution in [0.4, 0.5) is 0 Å². The van der Waals surface area contributed by atoms with E-state index in [0.29, 0.717) is 0 Å². The molecule has 18 heavy (non-hydrogen) atoms. The highest BCUT2D eigenvalue weighted by atomic mass is 79.9. The van der Waals surface area contributed by atoms with Crippen molar-refractivity contribution in [2.24, 2.45) is 7.05 Å². The van der Waals surface area contributed by atoms with Crippen LogP contribution in [0.1, 0.15) is 31.9 Å². The zero-order valence-electron chi connectivity index (χ0n) is 11.6. The number of rotatable bonds is 1. The Bertz CT molecular complexity index is 577. The molecule has 3 heteroatoms. The topological polar surface area (TPSA) is 17.8 Å². The zero-order chi connectivity index (χ0) is 13.5. The van der Waals surface area contributed by atoms with E-state index in [4.69, 9.17) is 0 Å². The number of hydrogen-bond donors (Lipinski definition) is 0. The van der Waals surface area contributed by atoms with Crippen molar-refractivity contribution in [1.29, 1.82) is 0 Å². The molecule has 0 saturated heterocycles. The van der Waals surface area contributed by atoms with Crippen molar-refractivity contribution in [3.8, 4) is 11.3 Å². The molecule has 96 valence electrons. The molecule has 0 aliphatic heterocycles. The van der Waals surface area contributed by atoms with Gasteiger partial charge in [0.05, 0.1) is 6.33 Å². The summed E-state index contributed by atoms with van der Waals surface area (Å²) in [6.07, 6.45) is 1.83. The monoisotopic (exact) mass is 306 g/mol. The van der Waals surface area contributed by atoms with Crippen molar-refractivity contribution < 1.29 is 0 Å². The highest BCUT2D eigenvalue weighted by Gasteiger charge is 2.16. The quantitative estimate of drug-likeness (QED) is 0.761. The van der Waals surface area contributed by atoms with E-state index in [1.54, 1.807) is 0 Å². The second kappa shape index (κ2) is 4.54. The van der Waals surface area contributed by atoms with Gasteiger partial charge in [-0.3, -0.25) is 0 Å². The van der Waals surface area contributed by atoms with Crippen molar-refractivity contribution >= 4 is 15.9 Å². The van der Waals surface area contributed by atoms with E-state index in [2.05, 4.69) is 66.8 Å². The first-order chi connectivity index (χ1) is 8.30. The number of hydrogen-bond acceptors (Lipinski definition) is 1. The number of nitrogens with zero attached hydrogens (tertiary/aromatic N) is 2. The van der Waals surface area contributed by atoms with Crippen molar-refractivity contribution in [3.05, 3.63) is 40.3 Å². The molecular weight excluding hydrogens is 288 g/mol. The largest absolute Gasteiger partial charge is 0.328 e. The summed E-state index contributed by atoms with van der Waals surface area (Å²) in [4.78, 5) is 4.45. The molecule has 0 aliphatic carbocycles. The van der Waals surface area contributed by atoms with Crippen LogP contribution in [0, 0.1) is 6.92 Å². The molecule has 0 spiro atoms. The molecule has 1 heterocycles. The van der Waals surface area contributed by atoms with Crippen molar-refractivity contribution in [3.63, 3.8) is 0 Å². The first kappa shape index (κ1) is 13.3. The highest BCUT2D eigenvalue weighted by Crippen LogP contribution is 2.32. The molecule has 0 fully saturated rings. The fourth-order valence-electron chi connectivity index (χ4n) is 1.99. The first-order valence-corrected chi connectivity index (χ1v) is 6.88. The van der Waals surface area contributed by atoms with Gasteiger partial charge in [0.1, 0.15) is 10.3 Å². The van der Waals surface area contributed by atoms with E-state index in [0.717, 1.165) is 10.3 Å². The number of halogens is 1. The highest BCUT2D eigenvalue weighted by molar-refractivity contribution is 9.10. The van der Waals surface area contributed by atoms with Crippen LogP contribution < -0.4 is 0 Å². The van der Waals surface area contributed by atoms with Crippen molar-refractivity contribution in [2.45, 2.75) is 33.1 Å². The van der Waals surface area contributed by atoms with Gasteiger partial charge in [-0.2, -0.15) is 0 Å². The Labute approximate surface area is 117 Å². The second-order valence-corrected chi connectivity index (χ2v) is 6.53. The molecule has 0 unspecified atom stereocenters. The lowest BCUT2D eigenvalue weighted by atomic mass is 9.85. The van der Waals surface area contributed by atoms with Gasteiger partial charge in [-0.25, -0.2) is 4.98 Å². The normalized spacial score (nSPS) is 11.9. The van der Waals surface area contributed by atoms with Gasteiger partial charge in [-0.15, -0.1) is 0 Å². The SMILES string of the molecule is Cc1cc(C(C)(C)C)ccc1-c1ncn(C)c1Br. The molecule has 0 atom stereocenters. The smallest absolute Gasteiger partial charge is 0.112 e.